The predicted octanol–water partition coefficient (Wildman–Crippen LogP) is 3.29. The van der Waals surface area contributed by atoms with Crippen molar-refractivity contribution in [2.75, 3.05) is 6.54 Å². The Morgan fingerprint density at radius 1 is 1.43 bits per heavy atom. The van der Waals surface area contributed by atoms with Crippen LogP contribution in [0.1, 0.15) is 48.5 Å². The number of hydrogen-bond acceptors (Lipinski definition) is 3. The molecule has 23 heavy (non-hydrogen) atoms. The van der Waals surface area contributed by atoms with E-state index in [1.54, 1.807) is 4.90 Å². The first-order valence-corrected chi connectivity index (χ1v) is 8.51. The summed E-state index contributed by atoms with van der Waals surface area (Å²) in [6.45, 7) is 3.03. The van der Waals surface area contributed by atoms with Crippen LogP contribution in [0.25, 0.3) is 0 Å². The lowest BCUT2D eigenvalue weighted by Gasteiger charge is -2.32. The third-order valence-electron chi connectivity index (χ3n) is 5.25. The van der Waals surface area contributed by atoms with E-state index >= 15 is 0 Å². The Hall–Kier alpha value is -1.33. The number of amides is 1. The quantitative estimate of drug-likeness (QED) is 0.887. The van der Waals surface area contributed by atoms with Gasteiger partial charge in [-0.05, 0) is 56.1 Å². The Morgan fingerprint density at radius 3 is 2.70 bits per heavy atom. The maximum Gasteiger partial charge on any atom is 0.257 e. The van der Waals surface area contributed by atoms with Crippen molar-refractivity contribution < 1.29 is 14.3 Å². The zero-order valence-corrected chi connectivity index (χ0v) is 13.9. The van der Waals surface area contributed by atoms with Gasteiger partial charge in [-0.3, -0.25) is 4.79 Å². The van der Waals surface area contributed by atoms with Crippen molar-refractivity contribution >= 4 is 17.5 Å². The topological polar surface area (TPSA) is 66.6 Å². The van der Waals surface area contributed by atoms with Crippen molar-refractivity contribution in [2.45, 2.75) is 45.2 Å². The highest BCUT2D eigenvalue weighted by Crippen LogP contribution is 2.37. The van der Waals surface area contributed by atoms with Crippen molar-refractivity contribution in [1.29, 1.82) is 0 Å². The zero-order chi connectivity index (χ0) is 16.7. The molecular formula is C17H22ClFN2O2. The van der Waals surface area contributed by atoms with Gasteiger partial charge in [-0.1, -0.05) is 11.6 Å². The van der Waals surface area contributed by atoms with E-state index in [1.807, 2.05) is 6.92 Å². The van der Waals surface area contributed by atoms with Crippen LogP contribution in [0, 0.1) is 17.7 Å². The van der Waals surface area contributed by atoms with Crippen LogP contribution in [-0.2, 0) is 6.54 Å². The lowest BCUT2D eigenvalue weighted by molar-refractivity contribution is 0.0723. The molecule has 1 amide bonds. The number of aromatic hydroxyl groups is 1. The Labute approximate surface area is 140 Å². The van der Waals surface area contributed by atoms with E-state index in [4.69, 9.17) is 17.3 Å². The Kier molecular flexibility index (Phi) is 4.52. The van der Waals surface area contributed by atoms with Crippen LogP contribution in [0.2, 0.25) is 5.02 Å². The average molecular weight is 341 g/mol. The number of halogens is 2. The van der Waals surface area contributed by atoms with E-state index < -0.39 is 11.6 Å². The van der Waals surface area contributed by atoms with Crippen molar-refractivity contribution in [2.24, 2.45) is 17.6 Å². The van der Waals surface area contributed by atoms with E-state index in [0.717, 1.165) is 25.7 Å². The van der Waals surface area contributed by atoms with Gasteiger partial charge in [-0.25, -0.2) is 4.39 Å². The summed E-state index contributed by atoms with van der Waals surface area (Å²) in [4.78, 5) is 14.1. The van der Waals surface area contributed by atoms with Crippen molar-refractivity contribution in [3.05, 3.63) is 28.0 Å². The molecule has 1 unspecified atom stereocenters. The molecule has 6 heteroatoms. The van der Waals surface area contributed by atoms with E-state index in [0.29, 0.717) is 30.5 Å². The maximum absolute atomic E-state index is 14.1. The van der Waals surface area contributed by atoms with Gasteiger partial charge in [0, 0.05) is 19.1 Å². The van der Waals surface area contributed by atoms with Crippen LogP contribution in [0.5, 0.6) is 5.75 Å². The van der Waals surface area contributed by atoms with Gasteiger partial charge < -0.3 is 15.7 Å². The van der Waals surface area contributed by atoms with Crippen LogP contribution >= 0.6 is 11.6 Å². The maximum atomic E-state index is 14.1. The van der Waals surface area contributed by atoms with Crippen molar-refractivity contribution in [3.63, 3.8) is 0 Å². The van der Waals surface area contributed by atoms with Crippen molar-refractivity contribution in [3.8, 4) is 5.75 Å². The number of nitrogens with two attached hydrogens (primary N) is 1. The minimum absolute atomic E-state index is 0.0313. The largest absolute Gasteiger partial charge is 0.504 e. The summed E-state index contributed by atoms with van der Waals surface area (Å²) in [5.41, 5.74) is 6.48. The SMILES string of the molecule is CC(N)[C@H]1CC[C@H](CN2Cc3cc(Cl)c(O)c(F)c3C2=O)CC1. The fourth-order valence-electron chi connectivity index (χ4n) is 3.80. The molecule has 0 spiro atoms. The summed E-state index contributed by atoms with van der Waals surface area (Å²) < 4.78 is 14.1. The first-order chi connectivity index (χ1) is 10.9. The number of nitrogens with zero attached hydrogens (tertiary/aromatic N) is 1. The number of benzene rings is 1. The number of carbonyl (C=O) groups is 1. The van der Waals surface area contributed by atoms with Gasteiger partial charge in [-0.15, -0.1) is 0 Å². The van der Waals surface area contributed by atoms with Crippen LogP contribution in [0.4, 0.5) is 4.39 Å². The average Bonchev–Trinajstić information content (AvgIpc) is 2.81. The molecule has 1 aromatic rings. The van der Waals surface area contributed by atoms with Gasteiger partial charge >= 0.3 is 0 Å². The molecule has 2 aliphatic rings. The highest BCUT2D eigenvalue weighted by molar-refractivity contribution is 6.32. The summed E-state index contributed by atoms with van der Waals surface area (Å²) in [5, 5.41) is 9.54. The number of phenols is 1. The van der Waals surface area contributed by atoms with Crippen LogP contribution in [0.15, 0.2) is 6.07 Å². The monoisotopic (exact) mass is 340 g/mol. The lowest BCUT2D eigenvalue weighted by atomic mass is 9.79. The van der Waals surface area contributed by atoms with Gasteiger partial charge in [0.1, 0.15) is 0 Å². The van der Waals surface area contributed by atoms with Crippen LogP contribution in [0.3, 0.4) is 0 Å². The Bertz CT molecular complexity index is 628. The third kappa shape index (κ3) is 3.04. The smallest absolute Gasteiger partial charge is 0.257 e. The van der Waals surface area contributed by atoms with Crippen LogP contribution in [-0.4, -0.2) is 28.5 Å². The molecule has 3 N–H and O–H groups in total. The molecule has 1 fully saturated rings. The van der Waals surface area contributed by atoms with Gasteiger partial charge in [0.2, 0.25) is 0 Å². The second kappa shape index (κ2) is 6.29. The van der Waals surface area contributed by atoms with Gasteiger partial charge in [-0.2, -0.15) is 0 Å². The summed E-state index contributed by atoms with van der Waals surface area (Å²) in [6, 6.07) is 1.70. The van der Waals surface area contributed by atoms with E-state index in [-0.39, 0.29) is 22.5 Å². The summed E-state index contributed by atoms with van der Waals surface area (Å²) in [6.07, 6.45) is 4.25. The minimum Gasteiger partial charge on any atom is -0.504 e. The third-order valence-corrected chi connectivity index (χ3v) is 5.54. The van der Waals surface area contributed by atoms with Gasteiger partial charge in [0.05, 0.1) is 10.6 Å². The second-order valence-electron chi connectivity index (χ2n) is 6.88. The standard InChI is InChI=1S/C17H22ClFN2O2/c1-9(20)11-4-2-10(3-5-11)7-21-8-12-6-13(18)16(22)15(19)14(12)17(21)23/h6,9-11,22H,2-5,7-8,20H2,1H3/t9?,10-,11-. The fraction of sp³-hybridized carbons (Fsp3) is 0.588. The fourth-order valence-corrected chi connectivity index (χ4v) is 4.02. The van der Waals surface area contributed by atoms with Crippen molar-refractivity contribution in [1.82, 2.24) is 4.90 Å². The molecule has 1 aliphatic carbocycles. The van der Waals surface area contributed by atoms with Crippen LogP contribution < -0.4 is 5.73 Å². The number of carbonyl (C=O) groups excluding carboxylic acids is 1. The molecule has 0 aromatic heterocycles. The van der Waals surface area contributed by atoms with E-state index in [2.05, 4.69) is 0 Å². The van der Waals surface area contributed by atoms with Gasteiger partial charge in [0.15, 0.2) is 11.6 Å². The first-order valence-electron chi connectivity index (χ1n) is 8.13. The first kappa shape index (κ1) is 16.5. The van der Waals surface area contributed by atoms with E-state index in [9.17, 15) is 14.3 Å². The number of hydrogen-bond donors (Lipinski definition) is 2. The highest BCUT2D eigenvalue weighted by atomic mass is 35.5. The van der Waals surface area contributed by atoms with E-state index in [1.165, 1.54) is 6.07 Å². The summed E-state index contributed by atoms with van der Waals surface area (Å²) >= 11 is 5.80. The summed E-state index contributed by atoms with van der Waals surface area (Å²) in [7, 11) is 0. The molecule has 3 rings (SSSR count). The minimum atomic E-state index is -0.902. The molecule has 1 heterocycles. The molecule has 0 saturated heterocycles. The lowest BCUT2D eigenvalue weighted by Crippen LogP contribution is -2.35. The number of phenolic OH excluding ortho intramolecular Hbond substituents is 1. The molecule has 1 saturated carbocycles. The molecule has 0 radical (unpaired) electrons. The molecule has 1 aliphatic heterocycles. The summed E-state index contributed by atoms with van der Waals surface area (Å²) in [5.74, 6) is -0.904. The molecule has 1 atom stereocenters. The normalized spacial score (nSPS) is 25.6. The predicted molar refractivity (Wildman–Crippen MR) is 86.9 cm³/mol. The number of fused-ring (bicyclic) bond motifs is 1. The molecule has 0 bridgehead atoms. The zero-order valence-electron chi connectivity index (χ0n) is 13.2. The van der Waals surface area contributed by atoms with Gasteiger partial charge in [0.25, 0.3) is 5.91 Å². The number of rotatable bonds is 3. The Morgan fingerprint density at radius 2 is 2.09 bits per heavy atom. The highest BCUT2D eigenvalue weighted by Gasteiger charge is 2.35. The molecule has 126 valence electrons. The molecule has 4 nitrogen and oxygen atoms in total. The second-order valence-corrected chi connectivity index (χ2v) is 7.29. The Balaban J connectivity index is 1.68. The molecular weight excluding hydrogens is 319 g/mol. The molecule has 1 aromatic carbocycles.